The fourth-order valence-corrected chi connectivity index (χ4v) is 4.51. The summed E-state index contributed by atoms with van der Waals surface area (Å²) in [6.07, 6.45) is 1.38. The highest BCUT2D eigenvalue weighted by atomic mass is 32.1. The molecular formula is C19H15N3O3S2. The summed E-state index contributed by atoms with van der Waals surface area (Å²) in [6.45, 7) is 1.66. The molecule has 0 aliphatic heterocycles. The number of aryl methyl sites for hydroxylation is 1. The molecule has 3 heterocycles. The van der Waals surface area contributed by atoms with Crippen molar-refractivity contribution in [1.82, 2.24) is 9.55 Å². The maximum absolute atomic E-state index is 12.9. The molecule has 0 bridgehead atoms. The fourth-order valence-electron chi connectivity index (χ4n) is 2.79. The summed E-state index contributed by atoms with van der Waals surface area (Å²) in [5, 5.41) is 16.9. The first-order valence-electron chi connectivity index (χ1n) is 8.13. The van der Waals surface area contributed by atoms with Gasteiger partial charge in [0.2, 0.25) is 5.91 Å². The Morgan fingerprint density at radius 1 is 1.30 bits per heavy atom. The zero-order valence-corrected chi connectivity index (χ0v) is 15.9. The van der Waals surface area contributed by atoms with Crippen molar-refractivity contribution in [3.8, 4) is 16.2 Å². The van der Waals surface area contributed by atoms with E-state index >= 15 is 0 Å². The standard InChI is InChI=1S/C19H15N3O3S2/c1-11-4-5-13(14(23)7-11)21-16(24)8-22-10-20-18-17(19(22)25)12(9-27-18)15-3-2-6-26-15/h2-7,9-10,23H,8H2,1H3,(H,21,24). The Labute approximate surface area is 162 Å². The van der Waals surface area contributed by atoms with Crippen LogP contribution in [0.1, 0.15) is 5.56 Å². The molecule has 4 aromatic rings. The van der Waals surface area contributed by atoms with Crippen LogP contribution in [0.5, 0.6) is 5.75 Å². The molecule has 27 heavy (non-hydrogen) atoms. The van der Waals surface area contributed by atoms with Gasteiger partial charge in [-0.1, -0.05) is 12.1 Å². The number of amides is 1. The summed E-state index contributed by atoms with van der Waals surface area (Å²) in [5.74, 6) is -0.424. The minimum absolute atomic E-state index is 0.0120. The van der Waals surface area contributed by atoms with Crippen LogP contribution in [0.25, 0.3) is 20.7 Å². The smallest absolute Gasteiger partial charge is 0.263 e. The molecule has 1 aromatic carbocycles. The van der Waals surface area contributed by atoms with Crippen molar-refractivity contribution in [2.75, 3.05) is 5.32 Å². The zero-order valence-electron chi connectivity index (χ0n) is 14.3. The minimum atomic E-state index is -0.412. The summed E-state index contributed by atoms with van der Waals surface area (Å²) < 4.78 is 1.28. The molecule has 2 N–H and O–H groups in total. The summed E-state index contributed by atoms with van der Waals surface area (Å²) in [5.41, 5.74) is 1.78. The number of phenolic OH excluding ortho intramolecular Hbond substituents is 1. The van der Waals surface area contributed by atoms with Crippen LogP contribution in [0.3, 0.4) is 0 Å². The topological polar surface area (TPSA) is 84.2 Å². The molecular weight excluding hydrogens is 382 g/mol. The number of aromatic nitrogens is 2. The van der Waals surface area contributed by atoms with Gasteiger partial charge in [-0.2, -0.15) is 0 Å². The molecule has 0 fully saturated rings. The van der Waals surface area contributed by atoms with E-state index in [1.54, 1.807) is 29.5 Å². The number of anilines is 1. The zero-order chi connectivity index (χ0) is 19.0. The number of hydrogen-bond donors (Lipinski definition) is 2. The van der Waals surface area contributed by atoms with E-state index in [-0.39, 0.29) is 17.9 Å². The molecule has 0 radical (unpaired) electrons. The van der Waals surface area contributed by atoms with Gasteiger partial charge in [-0.05, 0) is 36.1 Å². The second-order valence-electron chi connectivity index (χ2n) is 6.05. The molecule has 0 saturated heterocycles. The van der Waals surface area contributed by atoms with E-state index in [0.29, 0.717) is 15.9 Å². The number of nitrogens with zero attached hydrogens (tertiary/aromatic N) is 2. The van der Waals surface area contributed by atoms with Gasteiger partial charge in [-0.25, -0.2) is 4.98 Å². The lowest BCUT2D eigenvalue weighted by molar-refractivity contribution is -0.116. The van der Waals surface area contributed by atoms with Crippen LogP contribution in [0.4, 0.5) is 5.69 Å². The van der Waals surface area contributed by atoms with Crippen molar-refractivity contribution in [3.05, 3.63) is 63.3 Å². The van der Waals surface area contributed by atoms with E-state index in [1.807, 2.05) is 29.8 Å². The molecule has 4 rings (SSSR count). The van der Waals surface area contributed by atoms with Crippen molar-refractivity contribution >= 4 is 44.5 Å². The lowest BCUT2D eigenvalue weighted by Gasteiger charge is -2.09. The highest BCUT2D eigenvalue weighted by molar-refractivity contribution is 7.18. The van der Waals surface area contributed by atoms with E-state index in [2.05, 4.69) is 10.3 Å². The molecule has 0 aliphatic rings. The van der Waals surface area contributed by atoms with E-state index in [9.17, 15) is 14.7 Å². The monoisotopic (exact) mass is 397 g/mol. The maximum Gasteiger partial charge on any atom is 0.263 e. The SMILES string of the molecule is Cc1ccc(NC(=O)Cn2cnc3scc(-c4cccs4)c3c2=O)c(O)c1. The van der Waals surface area contributed by atoms with Crippen LogP contribution in [-0.4, -0.2) is 20.6 Å². The predicted octanol–water partition coefficient (Wildman–Crippen LogP) is 3.84. The summed E-state index contributed by atoms with van der Waals surface area (Å²) >= 11 is 2.96. The van der Waals surface area contributed by atoms with Gasteiger partial charge in [0.1, 0.15) is 17.1 Å². The molecule has 0 aliphatic carbocycles. The number of carbonyl (C=O) groups excluding carboxylic acids is 1. The van der Waals surface area contributed by atoms with Gasteiger partial charge in [-0.3, -0.25) is 14.2 Å². The van der Waals surface area contributed by atoms with Crippen molar-refractivity contribution in [2.45, 2.75) is 13.5 Å². The number of benzene rings is 1. The lowest BCUT2D eigenvalue weighted by Crippen LogP contribution is -2.27. The van der Waals surface area contributed by atoms with Gasteiger partial charge >= 0.3 is 0 Å². The first-order valence-corrected chi connectivity index (χ1v) is 9.89. The number of carbonyl (C=O) groups is 1. The quantitative estimate of drug-likeness (QED) is 0.513. The molecule has 1 amide bonds. The Bertz CT molecular complexity index is 1190. The number of rotatable bonds is 4. The second-order valence-corrected chi connectivity index (χ2v) is 7.86. The van der Waals surface area contributed by atoms with Crippen LogP contribution in [0.2, 0.25) is 0 Å². The Morgan fingerprint density at radius 3 is 2.89 bits per heavy atom. The Morgan fingerprint density at radius 2 is 2.15 bits per heavy atom. The highest BCUT2D eigenvalue weighted by Crippen LogP contribution is 2.33. The van der Waals surface area contributed by atoms with Crippen LogP contribution >= 0.6 is 22.7 Å². The number of nitrogens with one attached hydrogen (secondary N) is 1. The van der Waals surface area contributed by atoms with Crippen LogP contribution < -0.4 is 10.9 Å². The van der Waals surface area contributed by atoms with Gasteiger partial charge in [0.15, 0.2) is 0 Å². The molecule has 8 heteroatoms. The molecule has 0 spiro atoms. The number of thiophene rings is 2. The normalized spacial score (nSPS) is 11.0. The van der Waals surface area contributed by atoms with Gasteiger partial charge in [0.05, 0.1) is 17.4 Å². The number of phenols is 1. The largest absolute Gasteiger partial charge is 0.506 e. The van der Waals surface area contributed by atoms with E-state index in [0.717, 1.165) is 16.0 Å². The minimum Gasteiger partial charge on any atom is -0.506 e. The van der Waals surface area contributed by atoms with E-state index < -0.39 is 5.91 Å². The second kappa shape index (κ2) is 6.98. The predicted molar refractivity (Wildman–Crippen MR) is 109 cm³/mol. The average Bonchev–Trinajstić information content (AvgIpc) is 3.29. The summed E-state index contributed by atoms with van der Waals surface area (Å²) in [7, 11) is 0. The third-order valence-corrected chi connectivity index (χ3v) is 5.88. The maximum atomic E-state index is 12.9. The summed E-state index contributed by atoms with van der Waals surface area (Å²) in [4.78, 5) is 31.2. The van der Waals surface area contributed by atoms with Crippen molar-refractivity contribution < 1.29 is 9.90 Å². The van der Waals surface area contributed by atoms with Gasteiger partial charge < -0.3 is 10.4 Å². The highest BCUT2D eigenvalue weighted by Gasteiger charge is 2.15. The molecule has 3 aromatic heterocycles. The first kappa shape index (κ1) is 17.4. The van der Waals surface area contributed by atoms with Crippen LogP contribution in [0, 0.1) is 6.92 Å². The van der Waals surface area contributed by atoms with Gasteiger partial charge in [0.25, 0.3) is 5.56 Å². The molecule has 0 atom stereocenters. The molecule has 0 saturated carbocycles. The van der Waals surface area contributed by atoms with Crippen molar-refractivity contribution in [1.29, 1.82) is 0 Å². The van der Waals surface area contributed by atoms with Crippen molar-refractivity contribution in [2.24, 2.45) is 0 Å². The molecule has 136 valence electrons. The van der Waals surface area contributed by atoms with E-state index in [1.165, 1.54) is 22.2 Å². The van der Waals surface area contributed by atoms with Gasteiger partial charge in [0, 0.05) is 15.8 Å². The number of aromatic hydroxyl groups is 1. The third kappa shape index (κ3) is 3.36. The Kier molecular flexibility index (Phi) is 4.51. The fraction of sp³-hybridized carbons (Fsp3) is 0.105. The first-order chi connectivity index (χ1) is 13.0. The molecule has 0 unspecified atom stereocenters. The van der Waals surface area contributed by atoms with E-state index in [4.69, 9.17) is 0 Å². The van der Waals surface area contributed by atoms with Crippen LogP contribution in [0.15, 0.2) is 52.2 Å². The van der Waals surface area contributed by atoms with Crippen LogP contribution in [-0.2, 0) is 11.3 Å². The molecule has 6 nitrogen and oxygen atoms in total. The van der Waals surface area contributed by atoms with Gasteiger partial charge in [-0.15, -0.1) is 22.7 Å². The lowest BCUT2D eigenvalue weighted by atomic mass is 10.2. The number of hydrogen-bond acceptors (Lipinski definition) is 6. The average molecular weight is 397 g/mol. The Balaban J connectivity index is 1.64. The third-order valence-electron chi connectivity index (χ3n) is 4.09. The Hall–Kier alpha value is -2.97. The van der Waals surface area contributed by atoms with Crippen molar-refractivity contribution in [3.63, 3.8) is 0 Å². The number of fused-ring (bicyclic) bond motifs is 1. The summed E-state index contributed by atoms with van der Waals surface area (Å²) in [6, 6.07) is 8.86.